The summed E-state index contributed by atoms with van der Waals surface area (Å²) in [6, 6.07) is 11.4. The Labute approximate surface area is 195 Å². The molecule has 0 amide bonds. The van der Waals surface area contributed by atoms with Crippen molar-refractivity contribution in [3.8, 4) is 5.75 Å². The molecule has 0 unspecified atom stereocenters. The van der Waals surface area contributed by atoms with Crippen molar-refractivity contribution in [2.75, 3.05) is 46.6 Å². The quantitative estimate of drug-likeness (QED) is 0.341. The van der Waals surface area contributed by atoms with E-state index in [-0.39, 0.29) is 5.97 Å². The molecular formula is C26H33N3O4. The minimum atomic E-state index is -0.374. The molecule has 1 aromatic carbocycles. The van der Waals surface area contributed by atoms with Gasteiger partial charge in [-0.15, -0.1) is 0 Å². The topological polar surface area (TPSA) is 65.8 Å². The number of pyridine rings is 1. The number of carbonyl (C=O) groups is 1. The van der Waals surface area contributed by atoms with Gasteiger partial charge in [-0.25, -0.2) is 9.78 Å². The van der Waals surface area contributed by atoms with Crippen LogP contribution >= 0.6 is 0 Å². The molecule has 2 aromatic heterocycles. The summed E-state index contributed by atoms with van der Waals surface area (Å²) in [5.41, 5.74) is 2.91. The highest BCUT2D eigenvalue weighted by atomic mass is 16.5. The first-order valence-corrected chi connectivity index (χ1v) is 11.7. The smallest absolute Gasteiger partial charge is 0.341 e. The highest BCUT2D eigenvalue weighted by Gasteiger charge is 2.24. The Bertz CT molecular complexity index is 1060. The van der Waals surface area contributed by atoms with Crippen molar-refractivity contribution in [3.05, 3.63) is 59.9 Å². The summed E-state index contributed by atoms with van der Waals surface area (Å²) in [4.78, 5) is 19.0. The van der Waals surface area contributed by atoms with E-state index in [2.05, 4.69) is 26.7 Å². The van der Waals surface area contributed by atoms with Crippen LogP contribution in [0.5, 0.6) is 5.75 Å². The van der Waals surface area contributed by atoms with E-state index in [9.17, 15) is 4.79 Å². The van der Waals surface area contributed by atoms with E-state index in [0.29, 0.717) is 30.4 Å². The Morgan fingerprint density at radius 2 is 1.91 bits per heavy atom. The van der Waals surface area contributed by atoms with E-state index >= 15 is 0 Å². The summed E-state index contributed by atoms with van der Waals surface area (Å²) in [7, 11) is 1.38. The zero-order chi connectivity index (χ0) is 23.0. The maximum Gasteiger partial charge on any atom is 0.341 e. The van der Waals surface area contributed by atoms with Gasteiger partial charge in [-0.3, -0.25) is 4.90 Å². The number of ether oxygens (including phenoxy) is 3. The van der Waals surface area contributed by atoms with Crippen molar-refractivity contribution in [1.82, 2.24) is 14.5 Å². The molecule has 1 aliphatic heterocycles. The van der Waals surface area contributed by atoms with Gasteiger partial charge in [0.2, 0.25) is 0 Å². The van der Waals surface area contributed by atoms with Crippen LogP contribution in [0.15, 0.2) is 48.8 Å². The average molecular weight is 452 g/mol. The van der Waals surface area contributed by atoms with Gasteiger partial charge in [-0.05, 0) is 68.6 Å². The van der Waals surface area contributed by atoms with Gasteiger partial charge in [0.15, 0.2) is 0 Å². The van der Waals surface area contributed by atoms with Crippen molar-refractivity contribution < 1.29 is 19.0 Å². The van der Waals surface area contributed by atoms with Crippen molar-refractivity contribution in [2.24, 2.45) is 0 Å². The summed E-state index contributed by atoms with van der Waals surface area (Å²) in [6.45, 7) is 7.71. The number of rotatable bonds is 10. The first-order chi connectivity index (χ1) is 16.2. The molecule has 0 spiro atoms. The van der Waals surface area contributed by atoms with Crippen molar-refractivity contribution in [3.63, 3.8) is 0 Å². The van der Waals surface area contributed by atoms with Gasteiger partial charge in [-0.1, -0.05) is 12.1 Å². The minimum absolute atomic E-state index is 0.374. The summed E-state index contributed by atoms with van der Waals surface area (Å²) in [5.74, 6) is 0.732. The first kappa shape index (κ1) is 23.3. The largest absolute Gasteiger partial charge is 0.491 e. The highest BCUT2D eigenvalue weighted by Crippen LogP contribution is 2.33. The number of benzene rings is 1. The zero-order valence-corrected chi connectivity index (χ0v) is 19.5. The van der Waals surface area contributed by atoms with Crippen LogP contribution in [0, 0.1) is 0 Å². The predicted octanol–water partition coefficient (Wildman–Crippen LogP) is 4.12. The number of aromatic nitrogens is 2. The fourth-order valence-corrected chi connectivity index (χ4v) is 4.58. The third-order valence-corrected chi connectivity index (χ3v) is 6.33. The van der Waals surface area contributed by atoms with Crippen molar-refractivity contribution in [2.45, 2.75) is 32.2 Å². The normalized spacial score (nSPS) is 15.1. The van der Waals surface area contributed by atoms with E-state index < -0.39 is 0 Å². The molecule has 1 saturated heterocycles. The number of hydrogen-bond acceptors (Lipinski definition) is 6. The SMILES string of the molecule is CCOCCn1cc(C2CCN(CCOc3ccccc3C(=O)OC)CC2)c2cccnc21. The van der Waals surface area contributed by atoms with Gasteiger partial charge < -0.3 is 18.8 Å². The summed E-state index contributed by atoms with van der Waals surface area (Å²) < 4.78 is 18.6. The Hall–Kier alpha value is -2.90. The van der Waals surface area contributed by atoms with Crippen LogP contribution in [0.4, 0.5) is 0 Å². The molecule has 3 aromatic rings. The lowest BCUT2D eigenvalue weighted by Gasteiger charge is -2.31. The van der Waals surface area contributed by atoms with Gasteiger partial charge in [-0.2, -0.15) is 0 Å². The first-order valence-electron chi connectivity index (χ1n) is 11.7. The van der Waals surface area contributed by atoms with E-state index in [1.54, 1.807) is 6.07 Å². The fourth-order valence-electron chi connectivity index (χ4n) is 4.58. The second kappa shape index (κ2) is 11.3. The van der Waals surface area contributed by atoms with Gasteiger partial charge in [0.1, 0.15) is 23.6 Å². The van der Waals surface area contributed by atoms with Gasteiger partial charge in [0.25, 0.3) is 0 Å². The molecule has 176 valence electrons. The number of para-hydroxylation sites is 1. The molecule has 33 heavy (non-hydrogen) atoms. The molecule has 0 aliphatic carbocycles. The lowest BCUT2D eigenvalue weighted by Crippen LogP contribution is -2.35. The zero-order valence-electron chi connectivity index (χ0n) is 19.5. The Kier molecular flexibility index (Phi) is 7.96. The number of esters is 1. The molecule has 1 fully saturated rings. The maximum atomic E-state index is 11.9. The highest BCUT2D eigenvalue weighted by molar-refractivity contribution is 5.92. The molecule has 0 bridgehead atoms. The average Bonchev–Trinajstić information content (AvgIpc) is 3.23. The molecule has 0 radical (unpaired) electrons. The third-order valence-electron chi connectivity index (χ3n) is 6.33. The number of carbonyl (C=O) groups excluding carboxylic acids is 1. The number of piperidine rings is 1. The van der Waals surface area contributed by atoms with Crippen LogP contribution in [0.1, 0.15) is 41.6 Å². The Morgan fingerprint density at radius 3 is 2.70 bits per heavy atom. The van der Waals surface area contributed by atoms with E-state index in [1.807, 2.05) is 37.4 Å². The number of fused-ring (bicyclic) bond motifs is 1. The number of hydrogen-bond donors (Lipinski definition) is 0. The fraction of sp³-hybridized carbons (Fsp3) is 0.462. The molecule has 1 aliphatic rings. The third kappa shape index (κ3) is 5.54. The molecule has 0 atom stereocenters. The second-order valence-electron chi connectivity index (χ2n) is 8.30. The molecular weight excluding hydrogens is 418 g/mol. The Balaban J connectivity index is 1.33. The standard InChI is InChI=1S/C26H33N3O4/c1-3-32-17-16-29-19-23(21-8-6-12-27-25(21)29)20-10-13-28(14-11-20)15-18-33-24-9-5-4-7-22(24)26(30)31-2/h4-9,12,19-20H,3,10-11,13-18H2,1-2H3. The van der Waals surface area contributed by atoms with Crippen LogP contribution < -0.4 is 4.74 Å². The molecule has 0 N–H and O–H groups in total. The molecule has 7 nitrogen and oxygen atoms in total. The van der Waals surface area contributed by atoms with Crippen molar-refractivity contribution >= 4 is 17.0 Å². The van der Waals surface area contributed by atoms with Crippen LogP contribution in [0.25, 0.3) is 11.0 Å². The lowest BCUT2D eigenvalue weighted by atomic mass is 9.89. The lowest BCUT2D eigenvalue weighted by molar-refractivity contribution is 0.0595. The van der Waals surface area contributed by atoms with E-state index in [1.165, 1.54) is 18.1 Å². The van der Waals surface area contributed by atoms with Gasteiger partial charge in [0.05, 0.1) is 13.7 Å². The number of methoxy groups -OCH3 is 1. The summed E-state index contributed by atoms with van der Waals surface area (Å²) >= 11 is 0. The van der Waals surface area contributed by atoms with Crippen LogP contribution in [-0.2, 0) is 16.0 Å². The van der Waals surface area contributed by atoms with Crippen LogP contribution in [0.3, 0.4) is 0 Å². The predicted molar refractivity (Wildman–Crippen MR) is 128 cm³/mol. The summed E-state index contributed by atoms with van der Waals surface area (Å²) in [5, 5.41) is 1.26. The van der Waals surface area contributed by atoms with Gasteiger partial charge >= 0.3 is 5.97 Å². The maximum absolute atomic E-state index is 11.9. The molecule has 4 rings (SSSR count). The summed E-state index contributed by atoms with van der Waals surface area (Å²) in [6.07, 6.45) is 6.37. The second-order valence-corrected chi connectivity index (χ2v) is 8.30. The number of likely N-dealkylation sites (tertiary alicyclic amines) is 1. The van der Waals surface area contributed by atoms with E-state index in [4.69, 9.17) is 14.2 Å². The Morgan fingerprint density at radius 1 is 1.09 bits per heavy atom. The van der Waals surface area contributed by atoms with E-state index in [0.717, 1.165) is 51.3 Å². The molecule has 3 heterocycles. The van der Waals surface area contributed by atoms with Crippen LogP contribution in [0.2, 0.25) is 0 Å². The van der Waals surface area contributed by atoms with Gasteiger partial charge in [0, 0.05) is 37.5 Å². The molecule has 7 heteroatoms. The molecule has 0 saturated carbocycles. The monoisotopic (exact) mass is 451 g/mol. The minimum Gasteiger partial charge on any atom is -0.491 e. The number of nitrogens with zero attached hydrogens (tertiary/aromatic N) is 3. The van der Waals surface area contributed by atoms with Crippen molar-refractivity contribution in [1.29, 1.82) is 0 Å². The van der Waals surface area contributed by atoms with Crippen LogP contribution in [-0.4, -0.2) is 67.0 Å².